The van der Waals surface area contributed by atoms with Crippen molar-refractivity contribution in [2.45, 2.75) is 60.3 Å². The highest BCUT2D eigenvalue weighted by atomic mass is 16.5. The Balaban J connectivity index is 3.89. The van der Waals surface area contributed by atoms with E-state index in [2.05, 4.69) is 34.6 Å². The van der Waals surface area contributed by atoms with E-state index in [9.17, 15) is 4.79 Å². The lowest BCUT2D eigenvalue weighted by Gasteiger charge is -2.25. The summed E-state index contributed by atoms with van der Waals surface area (Å²) >= 11 is 0. The Morgan fingerprint density at radius 2 is 1.60 bits per heavy atom. The summed E-state index contributed by atoms with van der Waals surface area (Å²) in [5.74, 6) is -0.101. The van der Waals surface area contributed by atoms with E-state index in [-0.39, 0.29) is 11.4 Å². The molecule has 0 aliphatic carbocycles. The van der Waals surface area contributed by atoms with Gasteiger partial charge in [0.2, 0.25) is 0 Å². The summed E-state index contributed by atoms with van der Waals surface area (Å²) < 4.78 is 4.69. The van der Waals surface area contributed by atoms with Crippen LogP contribution in [0.4, 0.5) is 0 Å². The molecule has 0 spiro atoms. The second kappa shape index (κ2) is 5.53. The maximum atomic E-state index is 11.2. The van der Waals surface area contributed by atoms with Crippen LogP contribution in [0.5, 0.6) is 0 Å². The van der Waals surface area contributed by atoms with Crippen molar-refractivity contribution >= 4 is 5.97 Å². The highest BCUT2D eigenvalue weighted by Gasteiger charge is 2.23. The second-order valence-corrected chi connectivity index (χ2v) is 6.33. The molecule has 2 nitrogen and oxygen atoms in total. The molecule has 0 heterocycles. The van der Waals surface area contributed by atoms with E-state index in [1.165, 1.54) is 20.0 Å². The maximum Gasteiger partial charge on any atom is 0.306 e. The number of esters is 1. The molecule has 0 aliphatic rings. The van der Waals surface area contributed by atoms with Crippen LogP contribution >= 0.6 is 0 Å². The van der Waals surface area contributed by atoms with Crippen molar-refractivity contribution in [2.75, 3.05) is 7.11 Å². The fraction of sp³-hybridized carbons (Fsp3) is 0.923. The van der Waals surface area contributed by atoms with Gasteiger partial charge in [-0.1, -0.05) is 41.0 Å². The monoisotopic (exact) mass is 214 g/mol. The van der Waals surface area contributed by atoms with E-state index < -0.39 is 0 Å². The minimum absolute atomic E-state index is 0.0678. The molecule has 90 valence electrons. The number of ether oxygens (including phenoxy) is 1. The van der Waals surface area contributed by atoms with Crippen molar-refractivity contribution in [1.29, 1.82) is 0 Å². The summed E-state index contributed by atoms with van der Waals surface area (Å²) in [7, 11) is 1.45. The van der Waals surface area contributed by atoms with Crippen molar-refractivity contribution in [3.63, 3.8) is 0 Å². The molecule has 0 N–H and O–H groups in total. The Hall–Kier alpha value is -0.530. The van der Waals surface area contributed by atoms with Crippen LogP contribution in [0.25, 0.3) is 0 Å². The normalized spacial score (nSPS) is 12.7. The summed E-state index contributed by atoms with van der Waals surface area (Å²) in [6.45, 7) is 11.0. The molecule has 0 saturated carbocycles. The molecule has 0 bridgehead atoms. The van der Waals surface area contributed by atoms with Gasteiger partial charge in [0.15, 0.2) is 0 Å². The summed E-state index contributed by atoms with van der Waals surface area (Å²) in [6, 6.07) is 0. The highest BCUT2D eigenvalue weighted by Crippen LogP contribution is 2.31. The number of methoxy groups -OCH3 is 1. The first-order valence-corrected chi connectivity index (χ1v) is 5.73. The highest BCUT2D eigenvalue weighted by molar-refractivity contribution is 5.69. The van der Waals surface area contributed by atoms with Crippen LogP contribution in [0, 0.1) is 10.8 Å². The van der Waals surface area contributed by atoms with E-state index in [1.54, 1.807) is 0 Å². The molecule has 0 aliphatic heterocycles. The molecule has 0 radical (unpaired) electrons. The molecule has 0 amide bonds. The third-order valence-electron chi connectivity index (χ3n) is 2.63. The van der Waals surface area contributed by atoms with E-state index in [0.717, 1.165) is 6.42 Å². The van der Waals surface area contributed by atoms with Gasteiger partial charge in [0.05, 0.1) is 13.5 Å². The van der Waals surface area contributed by atoms with Crippen LogP contribution < -0.4 is 0 Å². The fourth-order valence-corrected chi connectivity index (χ4v) is 1.65. The van der Waals surface area contributed by atoms with E-state index in [1.807, 2.05) is 0 Å². The molecule has 0 aromatic carbocycles. The van der Waals surface area contributed by atoms with Crippen molar-refractivity contribution < 1.29 is 9.53 Å². The zero-order chi connectivity index (χ0) is 12.1. The number of hydrogen-bond donors (Lipinski definition) is 0. The average Bonchev–Trinajstić information content (AvgIpc) is 2.00. The van der Waals surface area contributed by atoms with E-state index in [0.29, 0.717) is 11.8 Å². The molecule has 0 unspecified atom stereocenters. The van der Waals surface area contributed by atoms with Gasteiger partial charge in [0, 0.05) is 0 Å². The van der Waals surface area contributed by atoms with Crippen LogP contribution in [0.2, 0.25) is 0 Å². The Bertz CT molecular complexity index is 199. The van der Waals surface area contributed by atoms with Gasteiger partial charge in [-0.3, -0.25) is 4.79 Å². The quantitative estimate of drug-likeness (QED) is 0.651. The average molecular weight is 214 g/mol. The van der Waals surface area contributed by atoms with Crippen LogP contribution in [-0.2, 0) is 9.53 Å². The zero-order valence-corrected chi connectivity index (χ0v) is 11.1. The largest absolute Gasteiger partial charge is 0.469 e. The molecule has 0 aromatic rings. The lowest BCUT2D eigenvalue weighted by atomic mass is 9.80. The predicted octanol–water partition coefficient (Wildman–Crippen LogP) is 3.79. The molecule has 0 rings (SSSR count). The summed E-state index contributed by atoms with van der Waals surface area (Å²) in [6.07, 6.45) is 3.98. The topological polar surface area (TPSA) is 26.3 Å². The molecule has 2 heteroatoms. The standard InChI is InChI=1S/C13H26O2/c1-12(2,3)8-7-9-13(4,5)10-11(14)15-6/h7-10H2,1-6H3. The summed E-state index contributed by atoms with van der Waals surface area (Å²) in [4.78, 5) is 11.2. The summed E-state index contributed by atoms with van der Waals surface area (Å²) in [5.41, 5.74) is 0.458. The second-order valence-electron chi connectivity index (χ2n) is 6.33. The smallest absolute Gasteiger partial charge is 0.306 e. The van der Waals surface area contributed by atoms with Gasteiger partial charge in [-0.25, -0.2) is 0 Å². The van der Waals surface area contributed by atoms with E-state index in [4.69, 9.17) is 4.74 Å². The van der Waals surface area contributed by atoms with Crippen LogP contribution in [0.15, 0.2) is 0 Å². The first-order valence-electron chi connectivity index (χ1n) is 5.73. The van der Waals surface area contributed by atoms with Gasteiger partial charge in [0.1, 0.15) is 0 Å². The number of carbonyl (C=O) groups excluding carboxylic acids is 1. The minimum atomic E-state index is -0.101. The first-order chi connectivity index (χ1) is 6.66. The van der Waals surface area contributed by atoms with Gasteiger partial charge < -0.3 is 4.74 Å². The van der Waals surface area contributed by atoms with Crippen molar-refractivity contribution in [2.24, 2.45) is 10.8 Å². The molecular weight excluding hydrogens is 188 g/mol. The number of rotatable bonds is 5. The Morgan fingerprint density at radius 3 is 2.00 bits per heavy atom. The number of hydrogen-bond acceptors (Lipinski definition) is 2. The van der Waals surface area contributed by atoms with Gasteiger partial charge in [-0.05, 0) is 23.7 Å². The Morgan fingerprint density at radius 1 is 1.07 bits per heavy atom. The third-order valence-corrected chi connectivity index (χ3v) is 2.63. The minimum Gasteiger partial charge on any atom is -0.469 e. The molecule has 0 atom stereocenters. The van der Waals surface area contributed by atoms with E-state index >= 15 is 0 Å². The zero-order valence-electron chi connectivity index (χ0n) is 11.1. The molecular formula is C13H26O2. The van der Waals surface area contributed by atoms with Gasteiger partial charge in [-0.15, -0.1) is 0 Å². The van der Waals surface area contributed by atoms with Gasteiger partial charge in [-0.2, -0.15) is 0 Å². The molecule has 0 saturated heterocycles. The number of carbonyl (C=O) groups is 1. The van der Waals surface area contributed by atoms with Gasteiger partial charge >= 0.3 is 5.97 Å². The maximum absolute atomic E-state index is 11.2. The van der Waals surface area contributed by atoms with Crippen LogP contribution in [-0.4, -0.2) is 13.1 Å². The fourth-order valence-electron chi connectivity index (χ4n) is 1.65. The molecule has 15 heavy (non-hydrogen) atoms. The van der Waals surface area contributed by atoms with Crippen molar-refractivity contribution in [3.8, 4) is 0 Å². The third kappa shape index (κ3) is 8.46. The predicted molar refractivity (Wildman–Crippen MR) is 63.7 cm³/mol. The molecule has 0 fully saturated rings. The Kier molecular flexibility index (Phi) is 5.33. The molecule has 0 aromatic heterocycles. The lowest BCUT2D eigenvalue weighted by Crippen LogP contribution is -2.19. The Labute approximate surface area is 94.4 Å². The van der Waals surface area contributed by atoms with Crippen LogP contribution in [0.1, 0.15) is 60.3 Å². The van der Waals surface area contributed by atoms with Crippen molar-refractivity contribution in [1.82, 2.24) is 0 Å². The SMILES string of the molecule is COC(=O)CC(C)(C)CCCC(C)(C)C. The lowest BCUT2D eigenvalue weighted by molar-refractivity contribution is -0.143. The summed E-state index contributed by atoms with van der Waals surface area (Å²) in [5, 5.41) is 0. The van der Waals surface area contributed by atoms with Crippen LogP contribution in [0.3, 0.4) is 0 Å². The first kappa shape index (κ1) is 14.5. The van der Waals surface area contributed by atoms with Crippen molar-refractivity contribution in [3.05, 3.63) is 0 Å². The van der Waals surface area contributed by atoms with Gasteiger partial charge in [0.25, 0.3) is 0 Å².